The molecule has 13 heavy (non-hydrogen) atoms. The molecule has 0 aromatic carbocycles. The molecule has 1 aliphatic rings. The summed E-state index contributed by atoms with van der Waals surface area (Å²) in [5.41, 5.74) is 0. The summed E-state index contributed by atoms with van der Waals surface area (Å²) in [6.07, 6.45) is 4.27. The van der Waals surface area contributed by atoms with E-state index in [-0.39, 0.29) is 0 Å². The van der Waals surface area contributed by atoms with Crippen molar-refractivity contribution in [3.63, 3.8) is 0 Å². The van der Waals surface area contributed by atoms with Crippen LogP contribution in [0.3, 0.4) is 0 Å². The second-order valence-corrected chi connectivity index (χ2v) is 3.10. The Hall–Kier alpha value is -0.380. The van der Waals surface area contributed by atoms with Crippen LogP contribution in [0.15, 0.2) is 12.7 Å². The lowest BCUT2D eigenvalue weighted by Gasteiger charge is -2.02. The summed E-state index contributed by atoms with van der Waals surface area (Å²) in [5, 5.41) is 0. The van der Waals surface area contributed by atoms with E-state index in [1.807, 2.05) is 0 Å². The van der Waals surface area contributed by atoms with Crippen molar-refractivity contribution in [2.75, 3.05) is 33.0 Å². The van der Waals surface area contributed by atoms with Gasteiger partial charge in [-0.2, -0.15) is 0 Å². The van der Waals surface area contributed by atoms with Crippen LogP contribution >= 0.6 is 0 Å². The van der Waals surface area contributed by atoms with Gasteiger partial charge in [0.15, 0.2) is 0 Å². The number of unbranched alkanes of at least 4 members (excludes halogenated alkanes) is 1. The maximum atomic E-state index is 5.36. The third kappa shape index (κ3) is 6.75. The monoisotopic (exact) mass is 186 g/mol. The lowest BCUT2D eigenvalue weighted by Crippen LogP contribution is -2.04. The van der Waals surface area contributed by atoms with E-state index in [4.69, 9.17) is 14.2 Å². The molecule has 0 spiro atoms. The van der Waals surface area contributed by atoms with Crippen molar-refractivity contribution in [1.82, 2.24) is 0 Å². The second kappa shape index (κ2) is 7.06. The fourth-order valence-electron chi connectivity index (χ4n) is 0.954. The van der Waals surface area contributed by atoms with Crippen LogP contribution in [0.2, 0.25) is 0 Å². The lowest BCUT2D eigenvalue weighted by molar-refractivity contribution is 0.101. The predicted molar refractivity (Wildman–Crippen MR) is 50.8 cm³/mol. The molecule has 76 valence electrons. The Morgan fingerprint density at radius 3 is 2.62 bits per heavy atom. The molecule has 0 saturated carbocycles. The minimum Gasteiger partial charge on any atom is -0.379 e. The van der Waals surface area contributed by atoms with Gasteiger partial charge in [0.25, 0.3) is 0 Å². The number of ether oxygens (including phenoxy) is 3. The minimum atomic E-state index is 0.386. The molecule has 3 nitrogen and oxygen atoms in total. The third-order valence-electron chi connectivity index (χ3n) is 1.77. The highest BCUT2D eigenvalue weighted by atomic mass is 16.6. The maximum absolute atomic E-state index is 5.36. The molecule has 0 radical (unpaired) electrons. The standard InChI is InChI=1S/C10H18O3/c1-2-5-11-6-3-4-7-12-8-10-9-13-10/h2,10H,1,3-9H2. The van der Waals surface area contributed by atoms with E-state index in [2.05, 4.69) is 6.58 Å². The minimum absolute atomic E-state index is 0.386. The van der Waals surface area contributed by atoms with Crippen LogP contribution in [0.4, 0.5) is 0 Å². The van der Waals surface area contributed by atoms with Crippen molar-refractivity contribution in [2.24, 2.45) is 0 Å². The van der Waals surface area contributed by atoms with Gasteiger partial charge in [-0.25, -0.2) is 0 Å². The van der Waals surface area contributed by atoms with Crippen LogP contribution in [-0.4, -0.2) is 39.1 Å². The van der Waals surface area contributed by atoms with Crippen molar-refractivity contribution >= 4 is 0 Å². The van der Waals surface area contributed by atoms with Crippen molar-refractivity contribution in [3.05, 3.63) is 12.7 Å². The van der Waals surface area contributed by atoms with E-state index in [0.29, 0.717) is 12.7 Å². The zero-order chi connectivity index (χ0) is 9.36. The summed E-state index contributed by atoms with van der Waals surface area (Å²) in [6.45, 7) is 7.47. The molecule has 0 N–H and O–H groups in total. The first-order valence-corrected chi connectivity index (χ1v) is 4.81. The third-order valence-corrected chi connectivity index (χ3v) is 1.77. The van der Waals surface area contributed by atoms with Gasteiger partial charge < -0.3 is 14.2 Å². The highest BCUT2D eigenvalue weighted by Gasteiger charge is 2.21. The molecule has 1 aliphatic heterocycles. The first kappa shape index (κ1) is 10.7. The summed E-state index contributed by atoms with van der Waals surface area (Å²) < 4.78 is 15.6. The van der Waals surface area contributed by atoms with Crippen molar-refractivity contribution < 1.29 is 14.2 Å². The average Bonchev–Trinajstić information content (AvgIpc) is 2.93. The summed E-state index contributed by atoms with van der Waals surface area (Å²) in [5.74, 6) is 0. The Bertz CT molecular complexity index is 132. The van der Waals surface area contributed by atoms with Gasteiger partial charge in [-0.05, 0) is 12.8 Å². The zero-order valence-corrected chi connectivity index (χ0v) is 8.04. The SMILES string of the molecule is C=CCOCCCCOCC1CO1. The van der Waals surface area contributed by atoms with E-state index in [0.717, 1.165) is 39.3 Å². The topological polar surface area (TPSA) is 31.0 Å². The normalized spacial score (nSPS) is 20.2. The number of hydrogen-bond donors (Lipinski definition) is 0. The molecule has 1 heterocycles. The quantitative estimate of drug-likeness (QED) is 0.310. The predicted octanol–water partition coefficient (Wildman–Crippen LogP) is 1.38. The first-order chi connectivity index (χ1) is 6.43. The average molecular weight is 186 g/mol. The zero-order valence-electron chi connectivity index (χ0n) is 8.04. The highest BCUT2D eigenvalue weighted by Crippen LogP contribution is 2.08. The van der Waals surface area contributed by atoms with Crippen molar-refractivity contribution in [1.29, 1.82) is 0 Å². The van der Waals surface area contributed by atoms with Gasteiger partial charge in [-0.15, -0.1) is 6.58 Å². The van der Waals surface area contributed by atoms with Gasteiger partial charge >= 0.3 is 0 Å². The van der Waals surface area contributed by atoms with Crippen LogP contribution in [0.25, 0.3) is 0 Å². The molecular weight excluding hydrogens is 168 g/mol. The molecular formula is C10H18O3. The van der Waals surface area contributed by atoms with E-state index in [1.54, 1.807) is 6.08 Å². The van der Waals surface area contributed by atoms with Crippen LogP contribution in [-0.2, 0) is 14.2 Å². The van der Waals surface area contributed by atoms with E-state index < -0.39 is 0 Å². The Labute approximate surface area is 79.7 Å². The maximum Gasteiger partial charge on any atom is 0.104 e. The molecule has 1 fully saturated rings. The van der Waals surface area contributed by atoms with Crippen LogP contribution in [0, 0.1) is 0 Å². The molecule has 0 aromatic heterocycles. The molecule has 1 unspecified atom stereocenters. The fraction of sp³-hybridized carbons (Fsp3) is 0.800. The molecule has 3 heteroatoms. The first-order valence-electron chi connectivity index (χ1n) is 4.81. The Kier molecular flexibility index (Phi) is 5.81. The van der Waals surface area contributed by atoms with Gasteiger partial charge in [0.1, 0.15) is 6.10 Å². The van der Waals surface area contributed by atoms with E-state index in [1.165, 1.54) is 0 Å². The van der Waals surface area contributed by atoms with E-state index >= 15 is 0 Å². The smallest absolute Gasteiger partial charge is 0.104 e. The number of hydrogen-bond acceptors (Lipinski definition) is 3. The van der Waals surface area contributed by atoms with Crippen molar-refractivity contribution in [2.45, 2.75) is 18.9 Å². The number of rotatable bonds is 9. The molecule has 0 aromatic rings. The van der Waals surface area contributed by atoms with Gasteiger partial charge in [-0.3, -0.25) is 0 Å². The largest absolute Gasteiger partial charge is 0.379 e. The molecule has 0 amide bonds. The fourth-order valence-corrected chi connectivity index (χ4v) is 0.954. The Balaban J connectivity index is 1.65. The summed E-state index contributed by atoms with van der Waals surface area (Å²) >= 11 is 0. The summed E-state index contributed by atoms with van der Waals surface area (Å²) in [7, 11) is 0. The summed E-state index contributed by atoms with van der Waals surface area (Å²) in [6, 6.07) is 0. The van der Waals surface area contributed by atoms with Crippen molar-refractivity contribution in [3.8, 4) is 0 Å². The molecule has 1 atom stereocenters. The van der Waals surface area contributed by atoms with Gasteiger partial charge in [-0.1, -0.05) is 6.08 Å². The van der Waals surface area contributed by atoms with Gasteiger partial charge in [0, 0.05) is 13.2 Å². The second-order valence-electron chi connectivity index (χ2n) is 3.10. The Morgan fingerprint density at radius 1 is 1.31 bits per heavy atom. The van der Waals surface area contributed by atoms with Crippen LogP contribution in [0.5, 0.6) is 0 Å². The molecule has 1 saturated heterocycles. The van der Waals surface area contributed by atoms with Gasteiger partial charge in [0.05, 0.1) is 19.8 Å². The molecule has 1 rings (SSSR count). The Morgan fingerprint density at radius 2 is 2.00 bits per heavy atom. The molecule has 0 aliphatic carbocycles. The number of epoxide rings is 1. The van der Waals surface area contributed by atoms with Crippen LogP contribution < -0.4 is 0 Å². The van der Waals surface area contributed by atoms with E-state index in [9.17, 15) is 0 Å². The lowest BCUT2D eigenvalue weighted by atomic mass is 10.3. The molecule has 0 bridgehead atoms. The highest BCUT2D eigenvalue weighted by molar-refractivity contribution is 4.67. The van der Waals surface area contributed by atoms with Gasteiger partial charge in [0.2, 0.25) is 0 Å². The van der Waals surface area contributed by atoms with Crippen LogP contribution in [0.1, 0.15) is 12.8 Å². The summed E-state index contributed by atoms with van der Waals surface area (Å²) in [4.78, 5) is 0.